The number of rotatable bonds is 3. The Labute approximate surface area is 122 Å². The molecule has 5 heteroatoms. The van der Waals surface area contributed by atoms with Gasteiger partial charge < -0.3 is 4.74 Å². The van der Waals surface area contributed by atoms with Gasteiger partial charge in [-0.15, -0.1) is 0 Å². The van der Waals surface area contributed by atoms with Gasteiger partial charge in [-0.2, -0.15) is 13.2 Å². The van der Waals surface area contributed by atoms with Crippen LogP contribution in [0, 0.1) is 3.57 Å². The van der Waals surface area contributed by atoms with Crippen LogP contribution in [0.2, 0.25) is 0 Å². The summed E-state index contributed by atoms with van der Waals surface area (Å²) >= 11 is 1.96. The van der Waals surface area contributed by atoms with Crippen LogP contribution in [-0.2, 0) is 12.8 Å². The first-order valence-electron chi connectivity index (χ1n) is 5.50. The molecule has 0 amide bonds. The summed E-state index contributed by atoms with van der Waals surface area (Å²) in [5.41, 5.74) is 0.215. The van der Waals surface area contributed by atoms with E-state index in [1.165, 1.54) is 6.07 Å². The van der Waals surface area contributed by atoms with Crippen LogP contribution in [0.25, 0.3) is 0 Å². The summed E-state index contributed by atoms with van der Waals surface area (Å²) < 4.78 is 43.9. The van der Waals surface area contributed by atoms with Gasteiger partial charge in [-0.3, -0.25) is 0 Å². The fraction of sp³-hybridized carbons (Fsp3) is 0.143. The van der Waals surface area contributed by atoms with Crippen LogP contribution in [0.5, 0.6) is 5.75 Å². The lowest BCUT2D eigenvalue weighted by Gasteiger charge is -2.12. The number of halogens is 4. The van der Waals surface area contributed by atoms with E-state index in [1.807, 2.05) is 52.9 Å². The molecule has 2 aromatic rings. The summed E-state index contributed by atoms with van der Waals surface area (Å²) in [6, 6.07) is 12.8. The summed E-state index contributed by atoms with van der Waals surface area (Å²) in [6.07, 6.45) is -4.35. The van der Waals surface area contributed by atoms with E-state index >= 15 is 0 Å². The van der Waals surface area contributed by atoms with Crippen LogP contribution in [0.4, 0.5) is 13.2 Å². The molecule has 0 bridgehead atoms. The highest BCUT2D eigenvalue weighted by atomic mass is 127. The summed E-state index contributed by atoms with van der Waals surface area (Å²) in [6.45, 7) is 0.248. The Morgan fingerprint density at radius 2 is 1.68 bits per heavy atom. The van der Waals surface area contributed by atoms with Gasteiger partial charge in [0.2, 0.25) is 0 Å². The van der Waals surface area contributed by atoms with E-state index in [0.717, 1.165) is 17.7 Å². The second-order valence-electron chi connectivity index (χ2n) is 3.92. The van der Waals surface area contributed by atoms with Crippen molar-refractivity contribution in [1.82, 2.24) is 0 Å². The molecule has 2 rings (SSSR count). The molecule has 0 saturated heterocycles. The van der Waals surface area contributed by atoms with E-state index in [4.69, 9.17) is 4.74 Å². The predicted octanol–water partition coefficient (Wildman–Crippen LogP) is 4.89. The van der Waals surface area contributed by atoms with Crippen LogP contribution < -0.4 is 4.74 Å². The standard InChI is InChI=1S/C14H10F3IO/c15-14(16,17)11-6-7-12(18)13(8-11)19-9-10-4-2-1-3-5-10/h1-8H,9H2. The number of hydrogen-bond acceptors (Lipinski definition) is 1. The van der Waals surface area contributed by atoms with Gasteiger partial charge in [0.25, 0.3) is 0 Å². The SMILES string of the molecule is FC(F)(F)c1ccc(I)c(OCc2ccccc2)c1. The topological polar surface area (TPSA) is 9.23 Å². The molecule has 0 N–H and O–H groups in total. The van der Waals surface area contributed by atoms with Gasteiger partial charge in [-0.05, 0) is 46.4 Å². The summed E-state index contributed by atoms with van der Waals surface area (Å²) in [7, 11) is 0. The number of alkyl halides is 3. The van der Waals surface area contributed by atoms with Crippen molar-refractivity contribution in [3.8, 4) is 5.75 Å². The third-order valence-corrected chi connectivity index (χ3v) is 3.39. The Kier molecular flexibility index (Phi) is 4.34. The highest BCUT2D eigenvalue weighted by Crippen LogP contribution is 2.33. The molecule has 0 aliphatic heterocycles. The maximum atomic E-state index is 12.6. The molecule has 0 atom stereocenters. The fourth-order valence-electron chi connectivity index (χ4n) is 1.53. The van der Waals surface area contributed by atoms with Gasteiger partial charge in [0.1, 0.15) is 12.4 Å². The van der Waals surface area contributed by atoms with E-state index in [2.05, 4.69) is 0 Å². The number of hydrogen-bond donors (Lipinski definition) is 0. The molecular weight excluding hydrogens is 368 g/mol. The molecule has 19 heavy (non-hydrogen) atoms. The molecule has 0 aliphatic carbocycles. The van der Waals surface area contributed by atoms with Gasteiger partial charge in [0.15, 0.2) is 0 Å². The number of ether oxygens (including phenoxy) is 1. The largest absolute Gasteiger partial charge is 0.488 e. The Morgan fingerprint density at radius 1 is 1.00 bits per heavy atom. The van der Waals surface area contributed by atoms with E-state index in [-0.39, 0.29) is 12.4 Å². The second-order valence-corrected chi connectivity index (χ2v) is 5.08. The molecule has 0 heterocycles. The van der Waals surface area contributed by atoms with Gasteiger partial charge in [0, 0.05) is 0 Å². The lowest BCUT2D eigenvalue weighted by Crippen LogP contribution is -2.06. The van der Waals surface area contributed by atoms with Crippen molar-refractivity contribution in [3.05, 3.63) is 63.2 Å². The summed E-state index contributed by atoms with van der Waals surface area (Å²) in [5.74, 6) is 0.249. The van der Waals surface area contributed by atoms with Crippen molar-refractivity contribution in [2.24, 2.45) is 0 Å². The Balaban J connectivity index is 2.16. The smallest absolute Gasteiger partial charge is 0.416 e. The molecular formula is C14H10F3IO. The number of benzene rings is 2. The average Bonchev–Trinajstić information content (AvgIpc) is 2.37. The average molecular weight is 378 g/mol. The summed E-state index contributed by atoms with van der Waals surface area (Å²) in [5, 5.41) is 0. The van der Waals surface area contributed by atoms with Crippen molar-refractivity contribution in [1.29, 1.82) is 0 Å². The Morgan fingerprint density at radius 3 is 2.32 bits per heavy atom. The fourth-order valence-corrected chi connectivity index (χ4v) is 2.02. The second kappa shape index (κ2) is 5.81. The quantitative estimate of drug-likeness (QED) is 0.692. The molecule has 1 nitrogen and oxygen atoms in total. The van der Waals surface area contributed by atoms with E-state index in [0.29, 0.717) is 3.57 Å². The minimum atomic E-state index is -4.35. The van der Waals surface area contributed by atoms with Gasteiger partial charge in [0.05, 0.1) is 9.13 Å². The molecule has 0 aromatic heterocycles. The van der Waals surface area contributed by atoms with E-state index in [1.54, 1.807) is 0 Å². The molecule has 0 spiro atoms. The minimum Gasteiger partial charge on any atom is -0.488 e. The zero-order valence-electron chi connectivity index (χ0n) is 9.75. The van der Waals surface area contributed by atoms with Crippen molar-refractivity contribution in [3.63, 3.8) is 0 Å². The molecule has 0 fully saturated rings. The normalized spacial score (nSPS) is 11.4. The van der Waals surface area contributed by atoms with E-state index < -0.39 is 11.7 Å². The predicted molar refractivity (Wildman–Crippen MR) is 74.9 cm³/mol. The molecule has 100 valence electrons. The molecule has 0 unspecified atom stereocenters. The molecule has 0 aliphatic rings. The lowest BCUT2D eigenvalue weighted by atomic mass is 10.2. The third kappa shape index (κ3) is 3.86. The Bertz CT molecular complexity index is 552. The maximum absolute atomic E-state index is 12.6. The molecule has 0 saturated carbocycles. The summed E-state index contributed by atoms with van der Waals surface area (Å²) in [4.78, 5) is 0. The van der Waals surface area contributed by atoms with Crippen LogP contribution in [0.3, 0.4) is 0 Å². The first-order valence-corrected chi connectivity index (χ1v) is 6.58. The van der Waals surface area contributed by atoms with Crippen molar-refractivity contribution >= 4 is 22.6 Å². The van der Waals surface area contributed by atoms with Crippen LogP contribution >= 0.6 is 22.6 Å². The van der Waals surface area contributed by atoms with Crippen molar-refractivity contribution < 1.29 is 17.9 Å². The van der Waals surface area contributed by atoms with Crippen LogP contribution in [0.15, 0.2) is 48.5 Å². The molecule has 2 aromatic carbocycles. The van der Waals surface area contributed by atoms with Gasteiger partial charge in [-0.25, -0.2) is 0 Å². The zero-order chi connectivity index (χ0) is 13.9. The highest BCUT2D eigenvalue weighted by molar-refractivity contribution is 14.1. The third-order valence-electron chi connectivity index (χ3n) is 2.50. The Hall–Kier alpha value is -1.24. The van der Waals surface area contributed by atoms with Crippen LogP contribution in [0.1, 0.15) is 11.1 Å². The van der Waals surface area contributed by atoms with Crippen LogP contribution in [-0.4, -0.2) is 0 Å². The van der Waals surface area contributed by atoms with Gasteiger partial charge in [-0.1, -0.05) is 30.3 Å². The highest BCUT2D eigenvalue weighted by Gasteiger charge is 2.31. The molecule has 0 radical (unpaired) electrons. The minimum absolute atomic E-state index is 0.248. The maximum Gasteiger partial charge on any atom is 0.416 e. The monoisotopic (exact) mass is 378 g/mol. The first-order chi connectivity index (χ1) is 8.97. The first kappa shape index (κ1) is 14.2. The van der Waals surface area contributed by atoms with Gasteiger partial charge >= 0.3 is 6.18 Å². The van der Waals surface area contributed by atoms with Crippen molar-refractivity contribution in [2.45, 2.75) is 12.8 Å². The van der Waals surface area contributed by atoms with Crippen molar-refractivity contribution in [2.75, 3.05) is 0 Å². The zero-order valence-corrected chi connectivity index (χ0v) is 11.9. The lowest BCUT2D eigenvalue weighted by molar-refractivity contribution is -0.137. The van der Waals surface area contributed by atoms with E-state index in [9.17, 15) is 13.2 Å².